The van der Waals surface area contributed by atoms with Crippen molar-refractivity contribution in [1.82, 2.24) is 9.97 Å². The first-order valence-electron chi connectivity index (χ1n) is 7.75. The van der Waals surface area contributed by atoms with Gasteiger partial charge in [-0.15, -0.1) is 0 Å². The van der Waals surface area contributed by atoms with Gasteiger partial charge in [0, 0.05) is 11.9 Å². The Labute approximate surface area is 150 Å². The molecule has 5 nitrogen and oxygen atoms in total. The lowest BCUT2D eigenvalue weighted by Gasteiger charge is -2.12. The number of aryl methyl sites for hydroxylation is 1. The summed E-state index contributed by atoms with van der Waals surface area (Å²) in [6.07, 6.45) is 1.69. The van der Waals surface area contributed by atoms with Crippen molar-refractivity contribution < 1.29 is 9.53 Å². The molecule has 0 bridgehead atoms. The van der Waals surface area contributed by atoms with E-state index in [9.17, 15) is 4.79 Å². The molecule has 0 radical (unpaired) electrons. The fourth-order valence-electron chi connectivity index (χ4n) is 2.09. The number of benzene rings is 2. The summed E-state index contributed by atoms with van der Waals surface area (Å²) in [7, 11) is 0. The lowest BCUT2D eigenvalue weighted by molar-refractivity contribution is -0.113. The van der Waals surface area contributed by atoms with Gasteiger partial charge in [0.15, 0.2) is 10.9 Å². The highest BCUT2D eigenvalue weighted by Crippen LogP contribution is 2.29. The number of ether oxygens (including phenoxy) is 1. The second-order valence-electron chi connectivity index (χ2n) is 5.23. The Kier molecular flexibility index (Phi) is 5.64. The number of anilines is 1. The fourth-order valence-corrected chi connectivity index (χ4v) is 2.76. The van der Waals surface area contributed by atoms with Gasteiger partial charge < -0.3 is 10.1 Å². The SMILES string of the molecule is Cc1ccnc(SCC(=O)Nc2ccccc2Oc2ccccc2)n1. The Hall–Kier alpha value is -2.86. The van der Waals surface area contributed by atoms with Crippen molar-refractivity contribution in [3.63, 3.8) is 0 Å². The largest absolute Gasteiger partial charge is 0.455 e. The van der Waals surface area contributed by atoms with E-state index in [1.807, 2.05) is 67.6 Å². The summed E-state index contributed by atoms with van der Waals surface area (Å²) in [4.78, 5) is 20.6. The second-order valence-corrected chi connectivity index (χ2v) is 6.17. The van der Waals surface area contributed by atoms with Crippen molar-refractivity contribution in [3.8, 4) is 11.5 Å². The van der Waals surface area contributed by atoms with Crippen LogP contribution in [0.1, 0.15) is 5.69 Å². The standard InChI is InChI=1S/C19H17N3O2S/c1-14-11-12-20-19(21-14)25-13-18(23)22-16-9-5-6-10-17(16)24-15-7-3-2-4-8-15/h2-12H,13H2,1H3,(H,22,23). The monoisotopic (exact) mass is 351 g/mol. The molecule has 3 rings (SSSR count). The van der Waals surface area contributed by atoms with Gasteiger partial charge in [0.25, 0.3) is 0 Å². The van der Waals surface area contributed by atoms with Gasteiger partial charge in [-0.3, -0.25) is 4.79 Å². The molecular weight excluding hydrogens is 334 g/mol. The van der Waals surface area contributed by atoms with E-state index >= 15 is 0 Å². The van der Waals surface area contributed by atoms with Crippen LogP contribution in [0.5, 0.6) is 11.5 Å². The van der Waals surface area contributed by atoms with Crippen LogP contribution in [0.25, 0.3) is 0 Å². The topological polar surface area (TPSA) is 64.1 Å². The maximum Gasteiger partial charge on any atom is 0.234 e. The normalized spacial score (nSPS) is 10.3. The van der Waals surface area contributed by atoms with Crippen molar-refractivity contribution in [2.45, 2.75) is 12.1 Å². The van der Waals surface area contributed by atoms with E-state index in [0.29, 0.717) is 22.3 Å². The van der Waals surface area contributed by atoms with Crippen LogP contribution in [0, 0.1) is 6.92 Å². The van der Waals surface area contributed by atoms with Crippen LogP contribution in [-0.2, 0) is 4.79 Å². The third-order valence-electron chi connectivity index (χ3n) is 3.24. The van der Waals surface area contributed by atoms with Crippen LogP contribution in [0.15, 0.2) is 72.0 Å². The molecule has 1 N–H and O–H groups in total. The maximum atomic E-state index is 12.2. The quantitative estimate of drug-likeness (QED) is 0.530. The van der Waals surface area contributed by atoms with Gasteiger partial charge >= 0.3 is 0 Å². The summed E-state index contributed by atoms with van der Waals surface area (Å²) in [5, 5.41) is 3.46. The van der Waals surface area contributed by atoms with E-state index in [-0.39, 0.29) is 11.7 Å². The van der Waals surface area contributed by atoms with Crippen molar-refractivity contribution in [2.24, 2.45) is 0 Å². The van der Waals surface area contributed by atoms with Crippen molar-refractivity contribution in [1.29, 1.82) is 0 Å². The number of hydrogen-bond acceptors (Lipinski definition) is 5. The van der Waals surface area contributed by atoms with Crippen molar-refractivity contribution in [3.05, 3.63) is 72.6 Å². The molecule has 1 aromatic heterocycles. The third kappa shape index (κ3) is 5.06. The highest BCUT2D eigenvalue weighted by Gasteiger charge is 2.10. The first kappa shape index (κ1) is 17.0. The third-order valence-corrected chi connectivity index (χ3v) is 4.10. The molecule has 0 fully saturated rings. The molecular formula is C19H17N3O2S. The van der Waals surface area contributed by atoms with E-state index in [1.54, 1.807) is 6.20 Å². The van der Waals surface area contributed by atoms with Gasteiger partial charge in [0.2, 0.25) is 5.91 Å². The van der Waals surface area contributed by atoms with Crippen LogP contribution in [-0.4, -0.2) is 21.6 Å². The molecule has 6 heteroatoms. The molecule has 0 aliphatic carbocycles. The Morgan fingerprint density at radius 3 is 2.64 bits per heavy atom. The number of rotatable bonds is 6. The van der Waals surface area contributed by atoms with E-state index in [4.69, 9.17) is 4.74 Å². The molecule has 2 aromatic carbocycles. The molecule has 3 aromatic rings. The van der Waals surface area contributed by atoms with Gasteiger partial charge in [-0.25, -0.2) is 9.97 Å². The van der Waals surface area contributed by atoms with E-state index in [0.717, 1.165) is 5.69 Å². The molecule has 0 spiro atoms. The highest BCUT2D eigenvalue weighted by atomic mass is 32.2. The fraction of sp³-hybridized carbons (Fsp3) is 0.105. The number of aromatic nitrogens is 2. The molecule has 25 heavy (non-hydrogen) atoms. The highest BCUT2D eigenvalue weighted by molar-refractivity contribution is 7.99. The summed E-state index contributed by atoms with van der Waals surface area (Å²) in [6.45, 7) is 1.89. The van der Waals surface area contributed by atoms with Crippen LogP contribution < -0.4 is 10.1 Å². The first-order valence-corrected chi connectivity index (χ1v) is 8.73. The zero-order chi connectivity index (χ0) is 17.5. The molecule has 0 atom stereocenters. The van der Waals surface area contributed by atoms with Crippen molar-refractivity contribution in [2.75, 3.05) is 11.1 Å². The van der Waals surface area contributed by atoms with Crippen molar-refractivity contribution >= 4 is 23.4 Å². The van der Waals surface area contributed by atoms with E-state index in [1.165, 1.54) is 11.8 Å². The average Bonchev–Trinajstić information content (AvgIpc) is 2.63. The summed E-state index contributed by atoms with van der Waals surface area (Å²) in [5.41, 5.74) is 1.50. The molecule has 0 saturated heterocycles. The summed E-state index contributed by atoms with van der Waals surface area (Å²) < 4.78 is 5.84. The maximum absolute atomic E-state index is 12.2. The molecule has 0 unspecified atom stereocenters. The van der Waals surface area contributed by atoms with Gasteiger partial charge in [0.1, 0.15) is 5.75 Å². The van der Waals surface area contributed by atoms with Gasteiger partial charge in [-0.05, 0) is 37.3 Å². The minimum Gasteiger partial charge on any atom is -0.455 e. The molecule has 1 heterocycles. The van der Waals surface area contributed by atoms with E-state index in [2.05, 4.69) is 15.3 Å². The number of para-hydroxylation sites is 3. The lowest BCUT2D eigenvalue weighted by atomic mass is 10.3. The molecule has 0 aliphatic rings. The van der Waals surface area contributed by atoms with Gasteiger partial charge in [-0.2, -0.15) is 0 Å². The van der Waals surface area contributed by atoms with Crippen LogP contribution in [0.3, 0.4) is 0 Å². The predicted octanol–water partition coefficient (Wildman–Crippen LogP) is 4.31. The summed E-state index contributed by atoms with van der Waals surface area (Å²) in [6, 6.07) is 18.6. The minimum absolute atomic E-state index is 0.140. The van der Waals surface area contributed by atoms with Gasteiger partial charge in [0.05, 0.1) is 11.4 Å². The number of nitrogens with zero attached hydrogens (tertiary/aromatic N) is 2. The van der Waals surface area contributed by atoms with Crippen LogP contribution >= 0.6 is 11.8 Å². The Morgan fingerprint density at radius 2 is 1.84 bits per heavy atom. The number of hydrogen-bond donors (Lipinski definition) is 1. The van der Waals surface area contributed by atoms with E-state index < -0.39 is 0 Å². The Balaban J connectivity index is 1.63. The lowest BCUT2D eigenvalue weighted by Crippen LogP contribution is -2.14. The zero-order valence-electron chi connectivity index (χ0n) is 13.7. The number of carbonyl (C=O) groups excluding carboxylic acids is 1. The van der Waals surface area contributed by atoms with Gasteiger partial charge in [-0.1, -0.05) is 42.1 Å². The number of amides is 1. The first-order chi connectivity index (χ1) is 12.2. The Morgan fingerprint density at radius 1 is 1.08 bits per heavy atom. The minimum atomic E-state index is -0.140. The average molecular weight is 351 g/mol. The molecule has 126 valence electrons. The second kappa shape index (κ2) is 8.30. The smallest absolute Gasteiger partial charge is 0.234 e. The Bertz CT molecular complexity index is 856. The van der Waals surface area contributed by atoms with Crippen LogP contribution in [0.2, 0.25) is 0 Å². The molecule has 1 amide bonds. The number of nitrogens with one attached hydrogen (secondary N) is 1. The summed E-state index contributed by atoms with van der Waals surface area (Å²) in [5.74, 6) is 1.40. The van der Waals surface area contributed by atoms with Crippen LogP contribution in [0.4, 0.5) is 5.69 Å². The summed E-state index contributed by atoms with van der Waals surface area (Å²) >= 11 is 1.30. The predicted molar refractivity (Wildman–Crippen MR) is 99.1 cm³/mol. The molecule has 0 aliphatic heterocycles. The number of thioether (sulfide) groups is 1. The zero-order valence-corrected chi connectivity index (χ0v) is 14.5. The number of carbonyl (C=O) groups is 1. The molecule has 0 saturated carbocycles.